The molecular weight excluding hydrogens is 276 g/mol. The number of rotatable bonds is 2. The highest BCUT2D eigenvalue weighted by Crippen LogP contribution is 2.28. The Morgan fingerprint density at radius 3 is 2.74 bits per heavy atom. The molecular formula is C13H22N4S2. The minimum absolute atomic E-state index is 0.525. The van der Waals surface area contributed by atoms with Crippen molar-refractivity contribution >= 4 is 23.5 Å². The van der Waals surface area contributed by atoms with Crippen molar-refractivity contribution in [1.82, 2.24) is 20.1 Å². The second-order valence-corrected chi connectivity index (χ2v) is 7.72. The van der Waals surface area contributed by atoms with Crippen molar-refractivity contribution in [3.8, 4) is 0 Å². The van der Waals surface area contributed by atoms with Gasteiger partial charge < -0.3 is 0 Å². The number of aromatic nitrogens is 3. The molecule has 2 fully saturated rings. The monoisotopic (exact) mass is 298 g/mol. The molecule has 3 rings (SSSR count). The summed E-state index contributed by atoms with van der Waals surface area (Å²) in [4.78, 5) is 7.21. The molecule has 2 saturated heterocycles. The average molecular weight is 298 g/mol. The van der Waals surface area contributed by atoms with Crippen molar-refractivity contribution in [2.45, 2.75) is 31.7 Å². The predicted molar refractivity (Wildman–Crippen MR) is 83.1 cm³/mol. The molecule has 19 heavy (non-hydrogen) atoms. The van der Waals surface area contributed by atoms with Gasteiger partial charge in [0.1, 0.15) is 5.82 Å². The zero-order valence-electron chi connectivity index (χ0n) is 11.5. The molecule has 0 aliphatic carbocycles. The molecule has 0 saturated carbocycles. The summed E-state index contributed by atoms with van der Waals surface area (Å²) in [6.45, 7) is 4.38. The highest BCUT2D eigenvalue weighted by molar-refractivity contribution is 8.03. The number of hydrogen-bond donors (Lipinski definition) is 1. The summed E-state index contributed by atoms with van der Waals surface area (Å²) < 4.78 is 0. The van der Waals surface area contributed by atoms with Crippen LogP contribution in [0.3, 0.4) is 0 Å². The van der Waals surface area contributed by atoms with Crippen molar-refractivity contribution < 1.29 is 0 Å². The van der Waals surface area contributed by atoms with Crippen molar-refractivity contribution in [3.05, 3.63) is 11.6 Å². The Hall–Kier alpha value is -0.200. The first-order chi connectivity index (χ1) is 9.33. The van der Waals surface area contributed by atoms with E-state index < -0.39 is 0 Å². The van der Waals surface area contributed by atoms with E-state index in [0.29, 0.717) is 5.92 Å². The number of aryl methyl sites for hydroxylation is 1. The molecule has 0 bridgehead atoms. The van der Waals surface area contributed by atoms with Crippen LogP contribution in [0.1, 0.15) is 30.4 Å². The molecule has 1 atom stereocenters. The minimum atomic E-state index is 0.525. The lowest BCUT2D eigenvalue weighted by Crippen LogP contribution is -2.44. The SMILES string of the molecule is Cc1nc(C2CCCN(C3CSCCSC3)C2)n[nH]1. The van der Waals surface area contributed by atoms with Crippen LogP contribution < -0.4 is 0 Å². The largest absolute Gasteiger partial charge is 0.298 e. The molecule has 1 aromatic heterocycles. The molecule has 2 aliphatic rings. The Morgan fingerprint density at radius 2 is 2.05 bits per heavy atom. The predicted octanol–water partition coefficient (Wildman–Crippen LogP) is 2.14. The van der Waals surface area contributed by atoms with Gasteiger partial charge in [-0.15, -0.1) is 0 Å². The zero-order chi connectivity index (χ0) is 13.1. The fraction of sp³-hybridized carbons (Fsp3) is 0.846. The number of H-pyrrole nitrogens is 1. The zero-order valence-corrected chi connectivity index (χ0v) is 13.1. The number of aromatic amines is 1. The van der Waals surface area contributed by atoms with Crippen LogP contribution in [0.25, 0.3) is 0 Å². The Bertz CT molecular complexity index is 401. The summed E-state index contributed by atoms with van der Waals surface area (Å²) in [6, 6.07) is 0.750. The van der Waals surface area contributed by atoms with E-state index in [4.69, 9.17) is 0 Å². The van der Waals surface area contributed by atoms with Gasteiger partial charge in [-0.2, -0.15) is 28.6 Å². The number of thioether (sulfide) groups is 2. The van der Waals surface area contributed by atoms with E-state index in [0.717, 1.165) is 24.2 Å². The number of nitrogens with one attached hydrogen (secondary N) is 1. The number of nitrogens with zero attached hydrogens (tertiary/aromatic N) is 3. The van der Waals surface area contributed by atoms with Gasteiger partial charge in [0, 0.05) is 41.5 Å². The molecule has 1 N–H and O–H groups in total. The highest BCUT2D eigenvalue weighted by Gasteiger charge is 2.29. The maximum Gasteiger partial charge on any atom is 0.155 e. The quantitative estimate of drug-likeness (QED) is 0.906. The van der Waals surface area contributed by atoms with E-state index in [2.05, 4.69) is 43.6 Å². The highest BCUT2D eigenvalue weighted by atomic mass is 32.2. The Balaban J connectivity index is 1.63. The first kappa shape index (κ1) is 13.8. The van der Waals surface area contributed by atoms with Crippen molar-refractivity contribution in [2.24, 2.45) is 0 Å². The van der Waals surface area contributed by atoms with Gasteiger partial charge in [-0.25, -0.2) is 4.98 Å². The standard InChI is InChI=1S/C13H22N4S2/c1-10-14-13(16-15-10)11-3-2-4-17(7-11)12-8-18-5-6-19-9-12/h11-12H,2-9H2,1H3,(H,14,15,16). The van der Waals surface area contributed by atoms with Gasteiger partial charge in [-0.1, -0.05) is 0 Å². The average Bonchev–Trinajstić information content (AvgIpc) is 2.71. The first-order valence-corrected chi connectivity index (χ1v) is 9.42. The van der Waals surface area contributed by atoms with Gasteiger partial charge in [0.25, 0.3) is 0 Å². The van der Waals surface area contributed by atoms with Crippen LogP contribution in [-0.4, -0.2) is 62.2 Å². The van der Waals surface area contributed by atoms with Gasteiger partial charge in [0.15, 0.2) is 5.82 Å². The van der Waals surface area contributed by atoms with Crippen LogP contribution in [0, 0.1) is 6.92 Å². The maximum absolute atomic E-state index is 4.53. The summed E-state index contributed by atoms with van der Waals surface area (Å²) in [6.07, 6.45) is 2.52. The van der Waals surface area contributed by atoms with Crippen molar-refractivity contribution in [1.29, 1.82) is 0 Å². The maximum atomic E-state index is 4.53. The molecule has 4 nitrogen and oxygen atoms in total. The van der Waals surface area contributed by atoms with Gasteiger partial charge in [-0.3, -0.25) is 10.00 Å². The van der Waals surface area contributed by atoms with Crippen molar-refractivity contribution in [3.63, 3.8) is 0 Å². The molecule has 0 spiro atoms. The van der Waals surface area contributed by atoms with Crippen LogP contribution >= 0.6 is 23.5 Å². The van der Waals surface area contributed by atoms with Crippen LogP contribution in [0.2, 0.25) is 0 Å². The van der Waals surface area contributed by atoms with Gasteiger partial charge in [0.2, 0.25) is 0 Å². The molecule has 0 radical (unpaired) electrons. The Labute approximate surface area is 123 Å². The topological polar surface area (TPSA) is 44.8 Å². The van der Waals surface area contributed by atoms with Crippen LogP contribution in [0.4, 0.5) is 0 Å². The number of hydrogen-bond acceptors (Lipinski definition) is 5. The molecule has 0 amide bonds. The fourth-order valence-electron chi connectivity index (χ4n) is 2.91. The van der Waals surface area contributed by atoms with E-state index in [1.54, 1.807) is 0 Å². The Kier molecular flexibility index (Phi) is 4.71. The van der Waals surface area contributed by atoms with Crippen molar-refractivity contribution in [2.75, 3.05) is 36.1 Å². The second-order valence-electron chi connectivity index (χ2n) is 5.42. The number of likely N-dealkylation sites (tertiary alicyclic amines) is 1. The van der Waals surface area contributed by atoms with Crippen LogP contribution in [0.15, 0.2) is 0 Å². The Morgan fingerprint density at radius 1 is 1.26 bits per heavy atom. The van der Waals surface area contributed by atoms with E-state index in [9.17, 15) is 0 Å². The third-order valence-corrected chi connectivity index (χ3v) is 6.43. The molecule has 106 valence electrons. The summed E-state index contributed by atoms with van der Waals surface area (Å²) in [7, 11) is 0. The molecule has 6 heteroatoms. The summed E-state index contributed by atoms with van der Waals surface area (Å²) in [5, 5.41) is 7.35. The molecule has 1 aromatic rings. The second kappa shape index (κ2) is 6.50. The summed E-state index contributed by atoms with van der Waals surface area (Å²) >= 11 is 4.24. The van der Waals surface area contributed by atoms with Gasteiger partial charge >= 0.3 is 0 Å². The third kappa shape index (κ3) is 3.47. The molecule has 1 unspecified atom stereocenters. The smallest absolute Gasteiger partial charge is 0.155 e. The lowest BCUT2D eigenvalue weighted by Gasteiger charge is -2.36. The summed E-state index contributed by atoms with van der Waals surface area (Å²) in [5.41, 5.74) is 0. The minimum Gasteiger partial charge on any atom is -0.298 e. The lowest BCUT2D eigenvalue weighted by atomic mass is 9.96. The molecule has 0 aromatic carbocycles. The van der Waals surface area contributed by atoms with Gasteiger partial charge in [-0.05, 0) is 26.3 Å². The summed E-state index contributed by atoms with van der Waals surface area (Å²) in [5.74, 6) is 7.72. The third-order valence-electron chi connectivity index (χ3n) is 3.94. The number of piperidine rings is 1. The van der Waals surface area contributed by atoms with Gasteiger partial charge in [0.05, 0.1) is 0 Å². The fourth-order valence-corrected chi connectivity index (χ4v) is 5.53. The van der Waals surface area contributed by atoms with E-state index in [1.165, 1.54) is 42.4 Å². The molecule has 2 aliphatic heterocycles. The normalized spacial score (nSPS) is 27.3. The van der Waals surface area contributed by atoms with Crippen LogP contribution in [0.5, 0.6) is 0 Å². The first-order valence-electron chi connectivity index (χ1n) is 7.11. The van der Waals surface area contributed by atoms with E-state index >= 15 is 0 Å². The molecule has 3 heterocycles. The van der Waals surface area contributed by atoms with E-state index in [1.807, 2.05) is 6.92 Å². The lowest BCUT2D eigenvalue weighted by molar-refractivity contribution is 0.170. The van der Waals surface area contributed by atoms with E-state index in [-0.39, 0.29) is 0 Å². The van der Waals surface area contributed by atoms with Crippen LogP contribution in [-0.2, 0) is 0 Å².